The maximum atomic E-state index is 12.8. The van der Waals surface area contributed by atoms with Crippen molar-refractivity contribution < 1.29 is 4.79 Å². The standard InChI is InChI=1S/C23H26N2O/c1-18(23(26)25(3)16-19-9-5-4-6-10-19)24(2)17-20-13-14-21-11-7-8-12-22(21)15-20/h4-15,18H,16-17H2,1-3H3/t18-/m0/s1. The zero-order valence-corrected chi connectivity index (χ0v) is 15.7. The molecule has 0 bridgehead atoms. The molecule has 3 aromatic carbocycles. The normalized spacial score (nSPS) is 12.3. The predicted molar refractivity (Wildman–Crippen MR) is 108 cm³/mol. The van der Waals surface area contributed by atoms with Gasteiger partial charge in [0, 0.05) is 20.1 Å². The van der Waals surface area contributed by atoms with Gasteiger partial charge in [0.1, 0.15) is 0 Å². The van der Waals surface area contributed by atoms with Crippen molar-refractivity contribution in [1.29, 1.82) is 0 Å². The molecule has 0 aliphatic rings. The van der Waals surface area contributed by atoms with E-state index in [1.807, 2.05) is 51.4 Å². The number of likely N-dealkylation sites (N-methyl/N-ethyl adjacent to an activating group) is 2. The topological polar surface area (TPSA) is 23.6 Å². The molecular weight excluding hydrogens is 320 g/mol. The van der Waals surface area contributed by atoms with E-state index in [0.29, 0.717) is 6.54 Å². The molecule has 0 aliphatic carbocycles. The number of rotatable bonds is 6. The maximum absolute atomic E-state index is 12.8. The lowest BCUT2D eigenvalue weighted by molar-refractivity contribution is -0.135. The first-order valence-electron chi connectivity index (χ1n) is 9.01. The van der Waals surface area contributed by atoms with Crippen LogP contribution < -0.4 is 0 Å². The van der Waals surface area contributed by atoms with Crippen molar-refractivity contribution in [3.8, 4) is 0 Å². The molecule has 0 unspecified atom stereocenters. The first kappa shape index (κ1) is 18.2. The van der Waals surface area contributed by atoms with Crippen LogP contribution in [0.1, 0.15) is 18.1 Å². The summed E-state index contributed by atoms with van der Waals surface area (Å²) >= 11 is 0. The zero-order valence-electron chi connectivity index (χ0n) is 15.7. The number of benzene rings is 3. The average Bonchev–Trinajstić information content (AvgIpc) is 2.67. The van der Waals surface area contributed by atoms with Gasteiger partial charge in [0.2, 0.25) is 5.91 Å². The van der Waals surface area contributed by atoms with Crippen molar-refractivity contribution in [2.75, 3.05) is 14.1 Å². The van der Waals surface area contributed by atoms with E-state index in [0.717, 1.165) is 12.1 Å². The molecular formula is C23H26N2O. The molecule has 3 heteroatoms. The van der Waals surface area contributed by atoms with Crippen LogP contribution >= 0.6 is 0 Å². The van der Waals surface area contributed by atoms with Crippen LogP contribution in [0.25, 0.3) is 10.8 Å². The Hall–Kier alpha value is -2.65. The second-order valence-electron chi connectivity index (χ2n) is 6.95. The highest BCUT2D eigenvalue weighted by molar-refractivity contribution is 5.83. The lowest BCUT2D eigenvalue weighted by atomic mass is 10.1. The number of hydrogen-bond donors (Lipinski definition) is 0. The van der Waals surface area contributed by atoms with Crippen LogP contribution in [0.3, 0.4) is 0 Å². The molecule has 0 saturated heterocycles. The third kappa shape index (κ3) is 4.30. The molecule has 26 heavy (non-hydrogen) atoms. The summed E-state index contributed by atoms with van der Waals surface area (Å²) in [6.45, 7) is 3.36. The number of carbonyl (C=O) groups is 1. The Morgan fingerprint density at radius 2 is 1.46 bits per heavy atom. The summed E-state index contributed by atoms with van der Waals surface area (Å²) in [4.78, 5) is 16.7. The van der Waals surface area contributed by atoms with E-state index >= 15 is 0 Å². The first-order chi connectivity index (χ1) is 12.5. The van der Waals surface area contributed by atoms with Gasteiger partial charge in [-0.25, -0.2) is 0 Å². The quantitative estimate of drug-likeness (QED) is 0.664. The van der Waals surface area contributed by atoms with Gasteiger partial charge in [0.05, 0.1) is 6.04 Å². The van der Waals surface area contributed by atoms with E-state index in [1.54, 1.807) is 4.90 Å². The predicted octanol–water partition coefficient (Wildman–Crippen LogP) is 4.32. The minimum Gasteiger partial charge on any atom is -0.340 e. The van der Waals surface area contributed by atoms with Gasteiger partial charge in [0.25, 0.3) is 0 Å². The summed E-state index contributed by atoms with van der Waals surface area (Å²) in [5.74, 6) is 0.136. The lowest BCUT2D eigenvalue weighted by Gasteiger charge is -2.28. The molecule has 1 atom stereocenters. The van der Waals surface area contributed by atoms with Crippen molar-refractivity contribution in [1.82, 2.24) is 9.80 Å². The Balaban J connectivity index is 1.64. The zero-order chi connectivity index (χ0) is 18.5. The summed E-state index contributed by atoms with van der Waals surface area (Å²) < 4.78 is 0. The van der Waals surface area contributed by atoms with Crippen molar-refractivity contribution in [3.63, 3.8) is 0 Å². The number of nitrogens with zero attached hydrogens (tertiary/aromatic N) is 2. The van der Waals surface area contributed by atoms with Crippen LogP contribution in [-0.4, -0.2) is 35.8 Å². The Labute approximate surface area is 155 Å². The van der Waals surface area contributed by atoms with Crippen LogP contribution in [-0.2, 0) is 17.9 Å². The van der Waals surface area contributed by atoms with Gasteiger partial charge in [-0.1, -0.05) is 66.7 Å². The van der Waals surface area contributed by atoms with Crippen LogP contribution in [0.4, 0.5) is 0 Å². The first-order valence-corrected chi connectivity index (χ1v) is 9.01. The van der Waals surface area contributed by atoms with Crippen LogP contribution in [0.2, 0.25) is 0 Å². The second-order valence-corrected chi connectivity index (χ2v) is 6.95. The molecule has 1 amide bonds. The molecule has 0 fully saturated rings. The van der Waals surface area contributed by atoms with Crippen LogP contribution in [0.5, 0.6) is 0 Å². The average molecular weight is 346 g/mol. The number of amides is 1. The molecule has 134 valence electrons. The van der Waals surface area contributed by atoms with Gasteiger partial charge < -0.3 is 4.90 Å². The second kappa shape index (κ2) is 8.15. The van der Waals surface area contributed by atoms with Crippen molar-refractivity contribution >= 4 is 16.7 Å². The molecule has 3 aromatic rings. The van der Waals surface area contributed by atoms with E-state index < -0.39 is 0 Å². The third-order valence-corrected chi connectivity index (χ3v) is 4.90. The molecule has 3 rings (SSSR count). The van der Waals surface area contributed by atoms with Crippen molar-refractivity contribution in [2.45, 2.75) is 26.1 Å². The van der Waals surface area contributed by atoms with Gasteiger partial charge in [-0.2, -0.15) is 0 Å². The molecule has 0 aliphatic heterocycles. The Morgan fingerprint density at radius 3 is 2.19 bits per heavy atom. The Kier molecular flexibility index (Phi) is 5.69. The summed E-state index contributed by atoms with van der Waals surface area (Å²) in [5, 5.41) is 2.48. The summed E-state index contributed by atoms with van der Waals surface area (Å²) in [7, 11) is 3.88. The highest BCUT2D eigenvalue weighted by Gasteiger charge is 2.21. The molecule has 0 N–H and O–H groups in total. The number of fused-ring (bicyclic) bond motifs is 1. The Morgan fingerprint density at radius 1 is 0.808 bits per heavy atom. The summed E-state index contributed by atoms with van der Waals surface area (Å²) in [6.07, 6.45) is 0. The van der Waals surface area contributed by atoms with E-state index in [4.69, 9.17) is 0 Å². The van der Waals surface area contributed by atoms with Crippen molar-refractivity contribution in [3.05, 3.63) is 83.9 Å². The van der Waals surface area contributed by atoms with Gasteiger partial charge in [-0.15, -0.1) is 0 Å². The Bertz CT molecular complexity index is 876. The molecule has 0 spiro atoms. The van der Waals surface area contributed by atoms with Crippen LogP contribution in [0.15, 0.2) is 72.8 Å². The fourth-order valence-electron chi connectivity index (χ4n) is 3.20. The number of carbonyl (C=O) groups excluding carboxylic acids is 1. The highest BCUT2D eigenvalue weighted by Crippen LogP contribution is 2.17. The minimum absolute atomic E-state index is 0.136. The van der Waals surface area contributed by atoms with Gasteiger partial charge >= 0.3 is 0 Å². The largest absolute Gasteiger partial charge is 0.340 e. The highest BCUT2D eigenvalue weighted by atomic mass is 16.2. The van der Waals surface area contributed by atoms with E-state index in [1.165, 1.54) is 16.3 Å². The van der Waals surface area contributed by atoms with Gasteiger partial charge in [0.15, 0.2) is 0 Å². The fraction of sp³-hybridized carbons (Fsp3) is 0.261. The summed E-state index contributed by atoms with van der Waals surface area (Å²) in [6, 6.07) is 24.8. The SMILES string of the molecule is C[C@@H](C(=O)N(C)Cc1ccccc1)N(C)Cc1ccc2ccccc2c1. The maximum Gasteiger partial charge on any atom is 0.239 e. The molecule has 0 heterocycles. The molecule has 0 aromatic heterocycles. The molecule has 3 nitrogen and oxygen atoms in total. The number of hydrogen-bond acceptors (Lipinski definition) is 2. The van der Waals surface area contributed by atoms with E-state index in [2.05, 4.69) is 47.4 Å². The van der Waals surface area contributed by atoms with E-state index in [9.17, 15) is 4.79 Å². The molecule has 0 radical (unpaired) electrons. The lowest BCUT2D eigenvalue weighted by Crippen LogP contribution is -2.43. The summed E-state index contributed by atoms with van der Waals surface area (Å²) in [5.41, 5.74) is 2.37. The fourth-order valence-corrected chi connectivity index (χ4v) is 3.20. The van der Waals surface area contributed by atoms with E-state index in [-0.39, 0.29) is 11.9 Å². The van der Waals surface area contributed by atoms with Gasteiger partial charge in [-0.3, -0.25) is 9.69 Å². The monoisotopic (exact) mass is 346 g/mol. The van der Waals surface area contributed by atoms with Crippen molar-refractivity contribution in [2.24, 2.45) is 0 Å². The third-order valence-electron chi connectivity index (χ3n) is 4.90. The van der Waals surface area contributed by atoms with Crippen LogP contribution in [0, 0.1) is 0 Å². The molecule has 0 saturated carbocycles. The minimum atomic E-state index is -0.171. The smallest absolute Gasteiger partial charge is 0.239 e. The van der Waals surface area contributed by atoms with Gasteiger partial charge in [-0.05, 0) is 41.9 Å².